The number of fused-ring (bicyclic) bond motifs is 1. The molecule has 0 saturated carbocycles. The normalized spacial score (nSPS) is 16.1. The zero-order valence-electron chi connectivity index (χ0n) is 13.7. The Morgan fingerprint density at radius 3 is 2.54 bits per heavy atom. The Kier molecular flexibility index (Phi) is 6.15. The molecule has 0 fully saturated rings. The van der Waals surface area contributed by atoms with E-state index < -0.39 is 24.9 Å². The fourth-order valence-electron chi connectivity index (χ4n) is 2.72. The van der Waals surface area contributed by atoms with Crippen LogP contribution in [-0.4, -0.2) is 24.9 Å². The van der Waals surface area contributed by atoms with Gasteiger partial charge < -0.3 is 15.6 Å². The lowest BCUT2D eigenvalue weighted by molar-refractivity contribution is -0.201. The van der Waals surface area contributed by atoms with Gasteiger partial charge in [0.05, 0.1) is 0 Å². The lowest BCUT2D eigenvalue weighted by Crippen LogP contribution is -2.33. The van der Waals surface area contributed by atoms with Crippen molar-refractivity contribution in [3.63, 3.8) is 0 Å². The summed E-state index contributed by atoms with van der Waals surface area (Å²) >= 11 is 6.24. The largest absolute Gasteiger partial charge is 0.490 e. The Bertz CT molecular complexity index is 795. The van der Waals surface area contributed by atoms with Crippen LogP contribution >= 0.6 is 11.6 Å². The summed E-state index contributed by atoms with van der Waals surface area (Å²) in [6, 6.07) is 12.9. The molecule has 0 aliphatic carbocycles. The molecule has 2 aromatic carbocycles. The van der Waals surface area contributed by atoms with E-state index in [0.717, 1.165) is 16.7 Å². The summed E-state index contributed by atoms with van der Waals surface area (Å²) in [6.07, 6.45) is -4.57. The molecule has 3 N–H and O–H groups in total. The number of esters is 1. The second-order valence-electron chi connectivity index (χ2n) is 5.65. The van der Waals surface area contributed by atoms with Crippen LogP contribution in [0.1, 0.15) is 12.0 Å². The number of ether oxygens (including phenoxy) is 2. The van der Waals surface area contributed by atoms with E-state index in [4.69, 9.17) is 16.3 Å². The van der Waals surface area contributed by atoms with Crippen molar-refractivity contribution in [3.8, 4) is 16.9 Å². The first-order valence-electron chi connectivity index (χ1n) is 7.63. The molecule has 140 valence electrons. The average molecular weight is 388 g/mol. The standard InChI is InChI=1S/C18H14ClF3O3.H3N/c19-15-7-2-1-5-13(15)14-6-3-4-11-8-9-12(25-16(11)14)10-24-17(23)18(20,21)22;/h1-7,12H,8-10H2;1H3. The SMILES string of the molecule is N.O=C(OCC1CCc2cccc(-c3ccccc3Cl)c2O1)C(F)(F)F. The van der Waals surface area contributed by atoms with E-state index in [9.17, 15) is 18.0 Å². The van der Waals surface area contributed by atoms with Gasteiger partial charge in [0.25, 0.3) is 0 Å². The average Bonchev–Trinajstić information content (AvgIpc) is 2.58. The molecule has 0 saturated heterocycles. The Morgan fingerprint density at radius 2 is 1.85 bits per heavy atom. The maximum Gasteiger partial charge on any atom is 0.490 e. The minimum Gasteiger partial charge on any atom is -0.486 e. The van der Waals surface area contributed by atoms with Crippen LogP contribution in [0.5, 0.6) is 5.75 Å². The van der Waals surface area contributed by atoms with Crippen LogP contribution in [0, 0.1) is 0 Å². The maximum atomic E-state index is 12.2. The Morgan fingerprint density at radius 1 is 1.15 bits per heavy atom. The van der Waals surface area contributed by atoms with Gasteiger partial charge in [-0.25, -0.2) is 4.79 Å². The fraction of sp³-hybridized carbons (Fsp3) is 0.278. The van der Waals surface area contributed by atoms with Crippen LogP contribution in [0.25, 0.3) is 11.1 Å². The number of benzene rings is 2. The number of alkyl halides is 3. The predicted molar refractivity (Wildman–Crippen MR) is 91.7 cm³/mol. The van der Waals surface area contributed by atoms with Crippen molar-refractivity contribution >= 4 is 17.6 Å². The van der Waals surface area contributed by atoms with Gasteiger partial charge in [-0.2, -0.15) is 13.2 Å². The van der Waals surface area contributed by atoms with Crippen LogP contribution < -0.4 is 10.9 Å². The summed E-state index contributed by atoms with van der Waals surface area (Å²) in [5.41, 5.74) is 2.47. The zero-order valence-corrected chi connectivity index (χ0v) is 14.4. The Balaban J connectivity index is 0.00000243. The number of hydrogen-bond donors (Lipinski definition) is 1. The van der Waals surface area contributed by atoms with E-state index in [1.807, 2.05) is 36.4 Å². The molecule has 3 rings (SSSR count). The van der Waals surface area contributed by atoms with E-state index in [1.165, 1.54) is 0 Å². The lowest BCUT2D eigenvalue weighted by Gasteiger charge is -2.28. The highest BCUT2D eigenvalue weighted by Crippen LogP contribution is 2.40. The van der Waals surface area contributed by atoms with E-state index in [2.05, 4.69) is 4.74 Å². The third kappa shape index (κ3) is 4.28. The second kappa shape index (κ2) is 7.97. The first-order valence-corrected chi connectivity index (χ1v) is 8.01. The van der Waals surface area contributed by atoms with Crippen molar-refractivity contribution in [2.24, 2.45) is 0 Å². The molecule has 0 radical (unpaired) electrons. The Labute approximate surface area is 153 Å². The predicted octanol–water partition coefficient (Wildman–Crippen LogP) is 4.97. The number of halogens is 4. The summed E-state index contributed by atoms with van der Waals surface area (Å²) in [7, 11) is 0. The van der Waals surface area contributed by atoms with Gasteiger partial charge in [-0.05, 0) is 24.5 Å². The van der Waals surface area contributed by atoms with Gasteiger partial charge >= 0.3 is 12.1 Å². The first kappa shape index (κ1) is 20.1. The van der Waals surface area contributed by atoms with Gasteiger partial charge in [0.2, 0.25) is 0 Å². The van der Waals surface area contributed by atoms with Crippen molar-refractivity contribution < 1.29 is 27.4 Å². The molecule has 1 aliphatic heterocycles. The molecule has 26 heavy (non-hydrogen) atoms. The van der Waals surface area contributed by atoms with E-state index in [0.29, 0.717) is 23.6 Å². The molecule has 4 nitrogen and oxygen atoms in total. The van der Waals surface area contributed by atoms with Crippen LogP contribution in [0.4, 0.5) is 13.2 Å². The topological polar surface area (TPSA) is 70.5 Å². The molecule has 1 atom stereocenters. The lowest BCUT2D eigenvalue weighted by atomic mass is 9.96. The molecule has 1 unspecified atom stereocenters. The number of hydrogen-bond acceptors (Lipinski definition) is 4. The second-order valence-corrected chi connectivity index (χ2v) is 6.06. The van der Waals surface area contributed by atoms with Crippen molar-refractivity contribution in [1.29, 1.82) is 0 Å². The van der Waals surface area contributed by atoms with Crippen molar-refractivity contribution in [3.05, 3.63) is 53.1 Å². The molecule has 2 aromatic rings. The zero-order chi connectivity index (χ0) is 18.0. The highest BCUT2D eigenvalue weighted by molar-refractivity contribution is 6.33. The molecule has 1 aliphatic rings. The van der Waals surface area contributed by atoms with Crippen LogP contribution in [0.15, 0.2) is 42.5 Å². The molecule has 0 bridgehead atoms. The van der Waals surface area contributed by atoms with Crippen LogP contribution in [0.2, 0.25) is 5.02 Å². The smallest absolute Gasteiger partial charge is 0.486 e. The highest BCUT2D eigenvalue weighted by Gasteiger charge is 2.41. The third-order valence-electron chi connectivity index (χ3n) is 3.91. The summed E-state index contributed by atoms with van der Waals surface area (Å²) < 4.78 is 46.9. The molecule has 0 aromatic heterocycles. The molecular formula is C18H17ClF3NO3. The molecule has 0 amide bonds. The minimum absolute atomic E-state index is 0. The molecule has 0 spiro atoms. The van der Waals surface area contributed by atoms with Crippen LogP contribution in [0.3, 0.4) is 0 Å². The highest BCUT2D eigenvalue weighted by atomic mass is 35.5. The summed E-state index contributed by atoms with van der Waals surface area (Å²) in [5.74, 6) is -1.64. The van der Waals surface area contributed by atoms with Gasteiger partial charge in [-0.1, -0.05) is 48.0 Å². The Hall–Kier alpha value is -2.25. The summed E-state index contributed by atoms with van der Waals surface area (Å²) in [5, 5.41) is 0.546. The summed E-state index contributed by atoms with van der Waals surface area (Å²) in [4.78, 5) is 10.9. The number of carbonyl (C=O) groups is 1. The summed E-state index contributed by atoms with van der Waals surface area (Å²) in [6.45, 7) is -0.450. The maximum absolute atomic E-state index is 12.2. The van der Waals surface area contributed by atoms with E-state index >= 15 is 0 Å². The molecule has 8 heteroatoms. The number of carbonyl (C=O) groups excluding carboxylic acids is 1. The van der Waals surface area contributed by atoms with E-state index in [-0.39, 0.29) is 6.15 Å². The van der Waals surface area contributed by atoms with Crippen molar-refractivity contribution in [2.75, 3.05) is 6.61 Å². The van der Waals surface area contributed by atoms with Gasteiger partial charge in [-0.3, -0.25) is 0 Å². The number of aryl methyl sites for hydroxylation is 1. The fourth-order valence-corrected chi connectivity index (χ4v) is 2.96. The van der Waals surface area contributed by atoms with Gasteiger partial charge in [0, 0.05) is 16.1 Å². The monoisotopic (exact) mass is 387 g/mol. The van der Waals surface area contributed by atoms with Gasteiger partial charge in [-0.15, -0.1) is 0 Å². The van der Waals surface area contributed by atoms with E-state index in [1.54, 1.807) is 6.07 Å². The molecule has 1 heterocycles. The van der Waals surface area contributed by atoms with Gasteiger partial charge in [0.15, 0.2) is 0 Å². The van der Waals surface area contributed by atoms with Crippen LogP contribution in [-0.2, 0) is 16.0 Å². The number of rotatable bonds is 3. The third-order valence-corrected chi connectivity index (χ3v) is 4.24. The van der Waals surface area contributed by atoms with Crippen molar-refractivity contribution in [2.45, 2.75) is 25.1 Å². The quantitative estimate of drug-likeness (QED) is 0.755. The van der Waals surface area contributed by atoms with Crippen molar-refractivity contribution in [1.82, 2.24) is 6.15 Å². The molecular weight excluding hydrogens is 371 g/mol. The minimum atomic E-state index is -5.00. The van der Waals surface area contributed by atoms with Gasteiger partial charge in [0.1, 0.15) is 18.5 Å². The first-order chi connectivity index (χ1) is 11.9. The number of para-hydroxylation sites is 1.